The maximum absolute atomic E-state index is 11.7. The summed E-state index contributed by atoms with van der Waals surface area (Å²) in [6, 6.07) is 0. The molecular formula is C11H14N2O4S. The van der Waals surface area contributed by atoms with Crippen LogP contribution in [0.3, 0.4) is 0 Å². The van der Waals surface area contributed by atoms with Crippen LogP contribution in [-0.2, 0) is 19.7 Å². The summed E-state index contributed by atoms with van der Waals surface area (Å²) in [6.07, 6.45) is 1.29. The number of methoxy groups -OCH3 is 1. The zero-order valence-electron chi connectivity index (χ0n) is 10.0. The Bertz CT molecular complexity index is 452. The number of hydrogen-bond donors (Lipinski definition) is 0. The molecular weight excluding hydrogens is 256 g/mol. The van der Waals surface area contributed by atoms with E-state index in [1.165, 1.54) is 7.11 Å². The van der Waals surface area contributed by atoms with Crippen molar-refractivity contribution in [2.24, 2.45) is 0 Å². The highest BCUT2D eigenvalue weighted by molar-refractivity contribution is 7.99. The van der Waals surface area contributed by atoms with Gasteiger partial charge in [-0.3, -0.25) is 4.79 Å². The van der Waals surface area contributed by atoms with Crippen LogP contribution in [0.15, 0.2) is 4.52 Å². The Morgan fingerprint density at radius 1 is 1.56 bits per heavy atom. The van der Waals surface area contributed by atoms with Gasteiger partial charge in [-0.2, -0.15) is 16.7 Å². The maximum atomic E-state index is 11.7. The van der Waals surface area contributed by atoms with Crippen molar-refractivity contribution in [3.05, 3.63) is 11.7 Å². The highest BCUT2D eigenvalue weighted by Crippen LogP contribution is 2.48. The van der Waals surface area contributed by atoms with Crippen LogP contribution in [0.4, 0.5) is 0 Å². The predicted octanol–water partition coefficient (Wildman–Crippen LogP) is 1.08. The lowest BCUT2D eigenvalue weighted by Gasteiger charge is -2.18. The van der Waals surface area contributed by atoms with Gasteiger partial charge in [0, 0.05) is 11.5 Å². The van der Waals surface area contributed by atoms with Gasteiger partial charge in [0.25, 0.3) is 0 Å². The van der Waals surface area contributed by atoms with Crippen molar-refractivity contribution < 1.29 is 18.8 Å². The minimum atomic E-state index is -0.693. The van der Waals surface area contributed by atoms with Gasteiger partial charge in [0.15, 0.2) is 0 Å². The first-order valence-corrected chi connectivity index (χ1v) is 7.03. The summed E-state index contributed by atoms with van der Waals surface area (Å²) < 4.78 is 15.6. The van der Waals surface area contributed by atoms with Crippen LogP contribution >= 0.6 is 11.8 Å². The minimum Gasteiger partial charge on any atom is -0.468 e. The molecule has 1 aliphatic carbocycles. The first-order chi connectivity index (χ1) is 8.76. The maximum Gasteiger partial charge on any atom is 0.321 e. The summed E-state index contributed by atoms with van der Waals surface area (Å²) in [6.45, 7) is 0.696. The quantitative estimate of drug-likeness (QED) is 0.761. The third-order valence-corrected chi connectivity index (χ3v) is 4.27. The van der Waals surface area contributed by atoms with E-state index in [0.717, 1.165) is 11.5 Å². The van der Waals surface area contributed by atoms with Gasteiger partial charge < -0.3 is 14.0 Å². The molecule has 0 spiro atoms. The summed E-state index contributed by atoms with van der Waals surface area (Å²) in [7, 11) is 1.38. The van der Waals surface area contributed by atoms with Crippen LogP contribution in [-0.4, -0.2) is 41.3 Å². The molecule has 3 rings (SSSR count). The van der Waals surface area contributed by atoms with Crippen LogP contribution in [0, 0.1) is 0 Å². The first kappa shape index (κ1) is 12.0. The van der Waals surface area contributed by atoms with Crippen LogP contribution < -0.4 is 0 Å². The van der Waals surface area contributed by atoms with Crippen LogP contribution in [0.25, 0.3) is 0 Å². The van der Waals surface area contributed by atoms with Crippen LogP contribution in [0.2, 0.25) is 0 Å². The van der Waals surface area contributed by atoms with Gasteiger partial charge in [-0.05, 0) is 12.8 Å². The number of rotatable bonds is 3. The predicted molar refractivity (Wildman–Crippen MR) is 63.2 cm³/mol. The van der Waals surface area contributed by atoms with Gasteiger partial charge in [-0.1, -0.05) is 5.16 Å². The zero-order chi connectivity index (χ0) is 12.6. The fourth-order valence-electron chi connectivity index (χ4n) is 2.02. The zero-order valence-corrected chi connectivity index (χ0v) is 10.9. The number of nitrogens with zero attached hydrogens (tertiary/aromatic N) is 2. The number of aromatic nitrogens is 2. The van der Waals surface area contributed by atoms with Gasteiger partial charge in [0.1, 0.15) is 11.5 Å². The molecule has 1 aliphatic heterocycles. The van der Waals surface area contributed by atoms with Crippen molar-refractivity contribution in [2.45, 2.75) is 24.4 Å². The molecule has 2 heterocycles. The van der Waals surface area contributed by atoms with Gasteiger partial charge in [-0.15, -0.1) is 0 Å². The molecule has 2 fully saturated rings. The number of carbonyl (C=O) groups excluding carboxylic acids is 1. The molecule has 6 nitrogen and oxygen atoms in total. The Morgan fingerprint density at radius 2 is 2.39 bits per heavy atom. The SMILES string of the molecule is COC(=O)C1(c2nc(C3CSCCO3)no2)CC1. The smallest absolute Gasteiger partial charge is 0.321 e. The van der Waals surface area contributed by atoms with E-state index in [9.17, 15) is 4.79 Å². The summed E-state index contributed by atoms with van der Waals surface area (Å²) in [4.78, 5) is 16.0. The number of ether oxygens (including phenoxy) is 2. The molecule has 1 saturated heterocycles. The fraction of sp³-hybridized carbons (Fsp3) is 0.727. The lowest BCUT2D eigenvalue weighted by molar-refractivity contribution is -0.144. The van der Waals surface area contributed by atoms with E-state index in [0.29, 0.717) is 31.2 Å². The summed E-state index contributed by atoms with van der Waals surface area (Å²) in [5.41, 5.74) is -0.693. The Balaban J connectivity index is 1.79. The third kappa shape index (κ3) is 1.91. The summed E-state index contributed by atoms with van der Waals surface area (Å²) in [5.74, 6) is 2.42. The van der Waals surface area contributed by atoms with E-state index in [-0.39, 0.29) is 12.1 Å². The average molecular weight is 270 g/mol. The molecule has 0 aromatic carbocycles. The van der Waals surface area contributed by atoms with Crippen molar-refractivity contribution in [1.82, 2.24) is 10.1 Å². The van der Waals surface area contributed by atoms with Crippen molar-refractivity contribution >= 4 is 17.7 Å². The van der Waals surface area contributed by atoms with Crippen molar-refractivity contribution in [1.29, 1.82) is 0 Å². The average Bonchev–Trinajstić information content (AvgIpc) is 3.09. The van der Waals surface area contributed by atoms with Crippen molar-refractivity contribution in [2.75, 3.05) is 25.2 Å². The molecule has 1 atom stereocenters. The van der Waals surface area contributed by atoms with Crippen LogP contribution in [0.5, 0.6) is 0 Å². The van der Waals surface area contributed by atoms with Gasteiger partial charge in [-0.25, -0.2) is 0 Å². The second-order valence-electron chi connectivity index (χ2n) is 4.47. The minimum absolute atomic E-state index is 0.130. The molecule has 2 aliphatic rings. The number of carbonyl (C=O) groups is 1. The second-order valence-corrected chi connectivity index (χ2v) is 5.62. The van der Waals surface area contributed by atoms with Gasteiger partial charge in [0.05, 0.1) is 13.7 Å². The standard InChI is InChI=1S/C11H14N2O4S/c1-15-10(14)11(2-3-11)9-12-8(13-17-9)7-6-18-5-4-16-7/h7H,2-6H2,1H3. The summed E-state index contributed by atoms with van der Waals surface area (Å²) in [5, 5.41) is 3.93. The van der Waals surface area contributed by atoms with E-state index >= 15 is 0 Å². The van der Waals surface area contributed by atoms with Gasteiger partial charge >= 0.3 is 5.97 Å². The second kappa shape index (κ2) is 4.55. The van der Waals surface area contributed by atoms with Gasteiger partial charge in [0.2, 0.25) is 11.7 Å². The number of esters is 1. The van der Waals surface area contributed by atoms with Crippen molar-refractivity contribution in [3.8, 4) is 0 Å². The molecule has 0 radical (unpaired) electrons. The third-order valence-electron chi connectivity index (χ3n) is 3.28. The molecule has 18 heavy (non-hydrogen) atoms. The Hall–Kier alpha value is -1.08. The molecule has 0 N–H and O–H groups in total. The molecule has 98 valence electrons. The Labute approximate surface area is 108 Å². The molecule has 0 bridgehead atoms. The molecule has 7 heteroatoms. The molecule has 0 amide bonds. The Morgan fingerprint density at radius 3 is 3.00 bits per heavy atom. The monoisotopic (exact) mass is 270 g/mol. The van der Waals surface area contributed by atoms with E-state index < -0.39 is 5.41 Å². The lowest BCUT2D eigenvalue weighted by Crippen LogP contribution is -2.22. The van der Waals surface area contributed by atoms with E-state index in [2.05, 4.69) is 10.1 Å². The highest BCUT2D eigenvalue weighted by atomic mass is 32.2. The molecule has 1 aromatic heterocycles. The normalized spacial score (nSPS) is 25.7. The Kier molecular flexibility index (Phi) is 3.03. The number of hydrogen-bond acceptors (Lipinski definition) is 7. The number of thioether (sulfide) groups is 1. The molecule has 1 unspecified atom stereocenters. The highest BCUT2D eigenvalue weighted by Gasteiger charge is 2.57. The lowest BCUT2D eigenvalue weighted by atomic mass is 10.1. The topological polar surface area (TPSA) is 74.5 Å². The van der Waals surface area contributed by atoms with Crippen LogP contribution in [0.1, 0.15) is 30.7 Å². The summed E-state index contributed by atoms with van der Waals surface area (Å²) >= 11 is 1.80. The first-order valence-electron chi connectivity index (χ1n) is 5.88. The fourth-order valence-corrected chi connectivity index (χ4v) is 2.86. The van der Waals surface area contributed by atoms with E-state index in [1.807, 2.05) is 0 Å². The molecule has 1 saturated carbocycles. The molecule has 1 aromatic rings. The van der Waals surface area contributed by atoms with E-state index in [4.69, 9.17) is 14.0 Å². The largest absolute Gasteiger partial charge is 0.468 e. The van der Waals surface area contributed by atoms with Crippen molar-refractivity contribution in [3.63, 3.8) is 0 Å². The van der Waals surface area contributed by atoms with E-state index in [1.54, 1.807) is 11.8 Å².